The van der Waals surface area contributed by atoms with Gasteiger partial charge in [-0.05, 0) is 74.9 Å². The zero-order chi connectivity index (χ0) is 11.7. The summed E-state index contributed by atoms with van der Waals surface area (Å²) < 4.78 is 0. The predicted molar refractivity (Wildman–Crippen MR) is 72.1 cm³/mol. The third kappa shape index (κ3) is 2.32. The Kier molecular flexibility index (Phi) is 3.06. The lowest BCUT2D eigenvalue weighted by molar-refractivity contribution is 0.222. The Morgan fingerprint density at radius 1 is 1.00 bits per heavy atom. The molecule has 0 unspecified atom stereocenters. The molecule has 1 aromatic carbocycles. The van der Waals surface area contributed by atoms with Crippen LogP contribution < -0.4 is 5.73 Å². The van der Waals surface area contributed by atoms with Crippen molar-refractivity contribution < 1.29 is 0 Å². The van der Waals surface area contributed by atoms with Gasteiger partial charge in [-0.1, -0.05) is 6.07 Å². The van der Waals surface area contributed by atoms with Crippen LogP contribution in [0.25, 0.3) is 0 Å². The van der Waals surface area contributed by atoms with E-state index < -0.39 is 0 Å². The normalized spacial score (nSPS) is 25.5. The molecule has 0 saturated carbocycles. The molecule has 0 aromatic heterocycles. The van der Waals surface area contributed by atoms with Crippen molar-refractivity contribution in [1.29, 1.82) is 0 Å². The molecule has 1 atom stereocenters. The van der Waals surface area contributed by atoms with Crippen LogP contribution in [-0.4, -0.2) is 24.0 Å². The molecule has 92 valence electrons. The summed E-state index contributed by atoms with van der Waals surface area (Å²) in [6.07, 6.45) is 7.89. The number of anilines is 1. The predicted octanol–water partition coefficient (Wildman–Crippen LogP) is 2.61. The molecule has 1 saturated heterocycles. The molecule has 2 aliphatic rings. The number of hydrogen-bond acceptors (Lipinski definition) is 2. The zero-order valence-electron chi connectivity index (χ0n) is 10.5. The first-order valence-corrected chi connectivity index (χ1v) is 6.94. The number of hydrogen-bond donors (Lipinski definition) is 1. The number of likely N-dealkylation sites (tertiary alicyclic amines) is 1. The van der Waals surface area contributed by atoms with Gasteiger partial charge in [0.15, 0.2) is 0 Å². The number of rotatable bonds is 1. The van der Waals surface area contributed by atoms with Gasteiger partial charge in [-0.3, -0.25) is 0 Å². The first-order valence-electron chi connectivity index (χ1n) is 6.94. The standard InChI is InChI=1S/C15H22N2/c16-14-6-3-12-4-7-15(8-5-13(12)11-14)17-9-1-2-10-17/h3,6,11,15H,1-2,4-5,7-10,16H2/t15-/m1/s1. The lowest BCUT2D eigenvalue weighted by Gasteiger charge is -2.25. The molecular weight excluding hydrogens is 208 g/mol. The Hall–Kier alpha value is -1.02. The number of benzene rings is 1. The van der Waals surface area contributed by atoms with Gasteiger partial charge in [-0.25, -0.2) is 0 Å². The van der Waals surface area contributed by atoms with Gasteiger partial charge in [0.2, 0.25) is 0 Å². The van der Waals surface area contributed by atoms with Gasteiger partial charge in [0, 0.05) is 11.7 Å². The van der Waals surface area contributed by atoms with Gasteiger partial charge in [0.25, 0.3) is 0 Å². The Bertz CT molecular complexity index is 394. The lowest BCUT2D eigenvalue weighted by atomic mass is 10.0. The average molecular weight is 230 g/mol. The molecule has 1 fully saturated rings. The molecule has 17 heavy (non-hydrogen) atoms. The van der Waals surface area contributed by atoms with Crippen LogP contribution in [0, 0.1) is 0 Å². The SMILES string of the molecule is Nc1ccc2c(c1)CC[C@H](N1CCCC1)CC2. The highest BCUT2D eigenvalue weighted by Crippen LogP contribution is 2.27. The molecule has 2 heteroatoms. The second-order valence-corrected chi connectivity index (χ2v) is 5.50. The molecule has 1 aliphatic heterocycles. The van der Waals surface area contributed by atoms with Crippen LogP contribution in [0.15, 0.2) is 18.2 Å². The van der Waals surface area contributed by atoms with Gasteiger partial charge >= 0.3 is 0 Å². The largest absolute Gasteiger partial charge is 0.399 e. The number of nitrogens with two attached hydrogens (primary N) is 1. The van der Waals surface area contributed by atoms with Crippen LogP contribution in [0.4, 0.5) is 5.69 Å². The maximum Gasteiger partial charge on any atom is 0.0316 e. The van der Waals surface area contributed by atoms with Crippen molar-refractivity contribution in [3.05, 3.63) is 29.3 Å². The minimum atomic E-state index is 0.811. The number of aryl methyl sites for hydroxylation is 2. The van der Waals surface area contributed by atoms with Crippen molar-refractivity contribution in [2.75, 3.05) is 18.8 Å². The van der Waals surface area contributed by atoms with E-state index in [1.54, 1.807) is 0 Å². The molecule has 1 aliphatic carbocycles. The monoisotopic (exact) mass is 230 g/mol. The Morgan fingerprint density at radius 3 is 2.47 bits per heavy atom. The summed E-state index contributed by atoms with van der Waals surface area (Å²) in [5, 5.41) is 0. The summed E-state index contributed by atoms with van der Waals surface area (Å²) in [6, 6.07) is 7.28. The van der Waals surface area contributed by atoms with Crippen LogP contribution in [-0.2, 0) is 12.8 Å². The second kappa shape index (κ2) is 4.69. The molecule has 0 radical (unpaired) electrons. The smallest absolute Gasteiger partial charge is 0.0316 e. The summed E-state index contributed by atoms with van der Waals surface area (Å²) in [6.45, 7) is 2.65. The molecule has 3 rings (SSSR count). The van der Waals surface area contributed by atoms with E-state index in [0.29, 0.717) is 0 Å². The van der Waals surface area contributed by atoms with Crippen molar-refractivity contribution in [2.45, 2.75) is 44.6 Å². The van der Waals surface area contributed by atoms with E-state index in [2.05, 4.69) is 23.1 Å². The van der Waals surface area contributed by atoms with Gasteiger partial charge in [-0.2, -0.15) is 0 Å². The first kappa shape index (κ1) is 11.1. The van der Waals surface area contributed by atoms with E-state index in [1.807, 2.05) is 0 Å². The van der Waals surface area contributed by atoms with E-state index in [1.165, 1.54) is 62.7 Å². The van der Waals surface area contributed by atoms with Crippen LogP contribution in [0.3, 0.4) is 0 Å². The van der Waals surface area contributed by atoms with Crippen LogP contribution in [0.5, 0.6) is 0 Å². The maximum atomic E-state index is 5.88. The molecule has 1 aromatic rings. The van der Waals surface area contributed by atoms with Gasteiger partial charge in [0.05, 0.1) is 0 Å². The van der Waals surface area contributed by atoms with Crippen molar-refractivity contribution >= 4 is 5.69 Å². The number of fused-ring (bicyclic) bond motifs is 1. The number of nitrogen functional groups attached to an aromatic ring is 1. The molecule has 0 spiro atoms. The highest BCUT2D eigenvalue weighted by atomic mass is 15.2. The summed E-state index contributed by atoms with van der Waals surface area (Å²) in [5.74, 6) is 0. The van der Waals surface area contributed by atoms with Crippen LogP contribution >= 0.6 is 0 Å². The molecule has 1 heterocycles. The lowest BCUT2D eigenvalue weighted by Crippen LogP contribution is -2.32. The third-order valence-electron chi connectivity index (χ3n) is 4.38. The average Bonchev–Trinajstić information content (AvgIpc) is 2.77. The van der Waals surface area contributed by atoms with Crippen molar-refractivity contribution in [3.8, 4) is 0 Å². The van der Waals surface area contributed by atoms with Gasteiger partial charge < -0.3 is 10.6 Å². The summed E-state index contributed by atoms with van der Waals surface area (Å²) in [4.78, 5) is 2.70. The van der Waals surface area contributed by atoms with Crippen molar-refractivity contribution in [1.82, 2.24) is 4.90 Å². The summed E-state index contributed by atoms with van der Waals surface area (Å²) in [7, 11) is 0. The van der Waals surface area contributed by atoms with Crippen LogP contribution in [0.1, 0.15) is 36.8 Å². The minimum Gasteiger partial charge on any atom is -0.399 e. The van der Waals surface area contributed by atoms with E-state index in [9.17, 15) is 0 Å². The highest BCUT2D eigenvalue weighted by molar-refractivity contribution is 5.45. The first-order chi connectivity index (χ1) is 8.33. The highest BCUT2D eigenvalue weighted by Gasteiger charge is 2.24. The fraction of sp³-hybridized carbons (Fsp3) is 0.600. The third-order valence-corrected chi connectivity index (χ3v) is 4.38. The molecule has 2 N–H and O–H groups in total. The van der Waals surface area contributed by atoms with Gasteiger partial charge in [-0.15, -0.1) is 0 Å². The van der Waals surface area contributed by atoms with E-state index in [0.717, 1.165) is 11.7 Å². The molecular formula is C15H22N2. The van der Waals surface area contributed by atoms with E-state index in [-0.39, 0.29) is 0 Å². The molecule has 0 bridgehead atoms. The van der Waals surface area contributed by atoms with Crippen molar-refractivity contribution in [3.63, 3.8) is 0 Å². The van der Waals surface area contributed by atoms with Crippen LogP contribution in [0.2, 0.25) is 0 Å². The van der Waals surface area contributed by atoms with Crippen molar-refractivity contribution in [2.24, 2.45) is 0 Å². The molecule has 2 nitrogen and oxygen atoms in total. The van der Waals surface area contributed by atoms with E-state index >= 15 is 0 Å². The van der Waals surface area contributed by atoms with Gasteiger partial charge in [0.1, 0.15) is 0 Å². The Labute approximate surface area is 104 Å². The molecule has 0 amide bonds. The Balaban J connectivity index is 1.74. The minimum absolute atomic E-state index is 0.811. The van der Waals surface area contributed by atoms with E-state index in [4.69, 9.17) is 5.73 Å². The number of nitrogens with zero attached hydrogens (tertiary/aromatic N) is 1. The summed E-state index contributed by atoms with van der Waals surface area (Å²) >= 11 is 0. The second-order valence-electron chi connectivity index (χ2n) is 5.50. The maximum absolute atomic E-state index is 5.88. The fourth-order valence-electron chi connectivity index (χ4n) is 3.38. The zero-order valence-corrected chi connectivity index (χ0v) is 10.5. The quantitative estimate of drug-likeness (QED) is 0.593. The topological polar surface area (TPSA) is 29.3 Å². The Morgan fingerprint density at radius 2 is 1.71 bits per heavy atom. The summed E-state index contributed by atoms with van der Waals surface area (Å²) in [5.41, 5.74) is 9.82. The fourth-order valence-corrected chi connectivity index (χ4v) is 3.38.